The standard InChI is InChI=1S/C8H8F3N3O/c9-8(10,11)15-6-4-2-1-3-5(6)7(12)14-13/h1-4H,13H2,(H2,12,14). The van der Waals surface area contributed by atoms with Gasteiger partial charge in [0.2, 0.25) is 0 Å². The van der Waals surface area contributed by atoms with Crippen LogP contribution in [0.4, 0.5) is 13.2 Å². The lowest BCUT2D eigenvalue weighted by molar-refractivity contribution is -0.274. The lowest BCUT2D eigenvalue weighted by atomic mass is 10.2. The van der Waals surface area contributed by atoms with E-state index in [1.165, 1.54) is 18.2 Å². The van der Waals surface area contributed by atoms with Gasteiger partial charge in [-0.1, -0.05) is 12.1 Å². The predicted octanol–water partition coefficient (Wildman–Crippen LogP) is 1.16. The van der Waals surface area contributed by atoms with Gasteiger partial charge in [0.15, 0.2) is 5.84 Å². The van der Waals surface area contributed by atoms with Crippen molar-refractivity contribution in [2.24, 2.45) is 16.7 Å². The number of amidine groups is 1. The summed E-state index contributed by atoms with van der Waals surface area (Å²) in [5.74, 6) is 4.20. The third-order valence-corrected chi connectivity index (χ3v) is 1.53. The Morgan fingerprint density at radius 2 is 1.87 bits per heavy atom. The molecule has 0 unspecified atom stereocenters. The second-order valence-electron chi connectivity index (χ2n) is 2.56. The molecule has 0 aliphatic carbocycles. The molecule has 1 aromatic rings. The number of halogens is 3. The van der Waals surface area contributed by atoms with E-state index in [4.69, 9.17) is 11.6 Å². The molecular formula is C8H8F3N3O. The van der Waals surface area contributed by atoms with Gasteiger partial charge in [0.25, 0.3) is 0 Å². The Balaban J connectivity index is 3.07. The summed E-state index contributed by atoms with van der Waals surface area (Å²) in [5, 5.41) is 3.10. The number of hydrogen-bond acceptors (Lipinski definition) is 3. The summed E-state index contributed by atoms with van der Waals surface area (Å²) in [6.07, 6.45) is -4.77. The Bertz CT molecular complexity index is 376. The number of nitrogens with two attached hydrogens (primary N) is 2. The lowest BCUT2D eigenvalue weighted by Crippen LogP contribution is -2.22. The molecular weight excluding hydrogens is 211 g/mol. The smallest absolute Gasteiger partial charge is 0.405 e. The van der Waals surface area contributed by atoms with Gasteiger partial charge in [-0.15, -0.1) is 13.2 Å². The van der Waals surface area contributed by atoms with Gasteiger partial charge < -0.3 is 16.3 Å². The molecule has 7 heteroatoms. The van der Waals surface area contributed by atoms with Crippen molar-refractivity contribution in [1.29, 1.82) is 0 Å². The van der Waals surface area contributed by atoms with Crippen molar-refractivity contribution in [3.05, 3.63) is 29.8 Å². The summed E-state index contributed by atoms with van der Waals surface area (Å²) >= 11 is 0. The zero-order chi connectivity index (χ0) is 11.5. The Hall–Kier alpha value is -1.92. The first-order valence-corrected chi connectivity index (χ1v) is 3.82. The van der Waals surface area contributed by atoms with E-state index >= 15 is 0 Å². The van der Waals surface area contributed by atoms with E-state index in [2.05, 4.69) is 9.84 Å². The highest BCUT2D eigenvalue weighted by Gasteiger charge is 2.32. The van der Waals surface area contributed by atoms with Crippen LogP contribution in [0.2, 0.25) is 0 Å². The van der Waals surface area contributed by atoms with Crippen molar-refractivity contribution < 1.29 is 17.9 Å². The SMILES string of the molecule is N/N=C(/N)c1ccccc1OC(F)(F)F. The fraction of sp³-hybridized carbons (Fsp3) is 0.125. The van der Waals surface area contributed by atoms with E-state index in [0.29, 0.717) is 0 Å². The zero-order valence-electron chi connectivity index (χ0n) is 7.45. The average molecular weight is 219 g/mol. The van der Waals surface area contributed by atoms with Crippen molar-refractivity contribution in [1.82, 2.24) is 0 Å². The van der Waals surface area contributed by atoms with Crippen molar-refractivity contribution in [3.8, 4) is 5.75 Å². The summed E-state index contributed by atoms with van der Waals surface area (Å²) < 4.78 is 39.6. The second-order valence-corrected chi connectivity index (χ2v) is 2.56. The van der Waals surface area contributed by atoms with E-state index < -0.39 is 12.1 Å². The first-order valence-electron chi connectivity index (χ1n) is 3.82. The molecule has 0 radical (unpaired) electrons. The molecule has 0 saturated carbocycles. The van der Waals surface area contributed by atoms with E-state index in [9.17, 15) is 13.2 Å². The van der Waals surface area contributed by atoms with Gasteiger partial charge in [-0.25, -0.2) is 0 Å². The fourth-order valence-corrected chi connectivity index (χ4v) is 0.961. The van der Waals surface area contributed by atoms with Crippen LogP contribution in [0.3, 0.4) is 0 Å². The molecule has 1 aromatic carbocycles. The minimum Gasteiger partial charge on any atom is -0.405 e. The third-order valence-electron chi connectivity index (χ3n) is 1.53. The largest absolute Gasteiger partial charge is 0.573 e. The van der Waals surface area contributed by atoms with Crippen LogP contribution in [0.25, 0.3) is 0 Å². The Labute approximate surface area is 83.3 Å². The van der Waals surface area contributed by atoms with Crippen molar-refractivity contribution in [2.75, 3.05) is 0 Å². The van der Waals surface area contributed by atoms with Gasteiger partial charge in [0.05, 0.1) is 5.56 Å². The normalized spacial score (nSPS) is 12.6. The number of benzene rings is 1. The third kappa shape index (κ3) is 3.04. The molecule has 0 bridgehead atoms. The molecule has 4 nitrogen and oxygen atoms in total. The summed E-state index contributed by atoms with van der Waals surface area (Å²) in [6.45, 7) is 0. The molecule has 15 heavy (non-hydrogen) atoms. The van der Waals surface area contributed by atoms with E-state index in [1.54, 1.807) is 0 Å². The van der Waals surface area contributed by atoms with Gasteiger partial charge in [0.1, 0.15) is 5.75 Å². The predicted molar refractivity (Wildman–Crippen MR) is 48.0 cm³/mol. The van der Waals surface area contributed by atoms with Crippen molar-refractivity contribution >= 4 is 5.84 Å². The van der Waals surface area contributed by atoms with Crippen molar-refractivity contribution in [3.63, 3.8) is 0 Å². The molecule has 0 aromatic heterocycles. The van der Waals surface area contributed by atoms with E-state index in [-0.39, 0.29) is 11.4 Å². The average Bonchev–Trinajstić information content (AvgIpc) is 2.15. The molecule has 0 spiro atoms. The maximum absolute atomic E-state index is 12.0. The highest BCUT2D eigenvalue weighted by molar-refractivity contribution is 5.99. The molecule has 82 valence electrons. The van der Waals surface area contributed by atoms with Crippen LogP contribution in [0.1, 0.15) is 5.56 Å². The molecule has 0 heterocycles. The maximum atomic E-state index is 12.0. The Morgan fingerprint density at radius 1 is 1.27 bits per heavy atom. The first kappa shape index (κ1) is 11.2. The molecule has 0 aliphatic heterocycles. The van der Waals surface area contributed by atoms with Crippen LogP contribution >= 0.6 is 0 Å². The summed E-state index contributed by atoms with van der Waals surface area (Å²) in [5.41, 5.74) is 5.29. The van der Waals surface area contributed by atoms with Gasteiger partial charge in [-0.05, 0) is 12.1 Å². The number of rotatable bonds is 2. The number of alkyl halides is 3. The van der Waals surface area contributed by atoms with Crippen LogP contribution in [-0.4, -0.2) is 12.2 Å². The number of ether oxygens (including phenoxy) is 1. The monoisotopic (exact) mass is 219 g/mol. The number of para-hydroxylation sites is 1. The van der Waals surface area contributed by atoms with Crippen LogP contribution in [-0.2, 0) is 0 Å². The summed E-state index contributed by atoms with van der Waals surface area (Å²) in [4.78, 5) is 0. The van der Waals surface area contributed by atoms with Crippen LogP contribution in [0.15, 0.2) is 29.4 Å². The van der Waals surface area contributed by atoms with Crippen LogP contribution in [0, 0.1) is 0 Å². The number of hydrogen-bond donors (Lipinski definition) is 2. The first-order chi connectivity index (χ1) is 6.94. The van der Waals surface area contributed by atoms with Gasteiger partial charge in [-0.3, -0.25) is 0 Å². The van der Waals surface area contributed by atoms with E-state index in [1.807, 2.05) is 0 Å². The molecule has 0 amide bonds. The Kier molecular flexibility index (Phi) is 3.03. The van der Waals surface area contributed by atoms with Gasteiger partial charge in [-0.2, -0.15) is 5.10 Å². The molecule has 0 fully saturated rings. The zero-order valence-corrected chi connectivity index (χ0v) is 7.45. The number of hydrazone groups is 1. The van der Waals surface area contributed by atoms with E-state index in [0.717, 1.165) is 6.07 Å². The highest BCUT2D eigenvalue weighted by atomic mass is 19.4. The topological polar surface area (TPSA) is 73.6 Å². The molecule has 4 N–H and O–H groups in total. The lowest BCUT2D eigenvalue weighted by Gasteiger charge is -2.12. The van der Waals surface area contributed by atoms with Crippen LogP contribution in [0.5, 0.6) is 5.75 Å². The molecule has 0 aliphatic rings. The van der Waals surface area contributed by atoms with Gasteiger partial charge >= 0.3 is 6.36 Å². The van der Waals surface area contributed by atoms with Crippen LogP contribution < -0.4 is 16.3 Å². The maximum Gasteiger partial charge on any atom is 0.573 e. The number of nitrogens with zero attached hydrogens (tertiary/aromatic N) is 1. The highest BCUT2D eigenvalue weighted by Crippen LogP contribution is 2.25. The molecule has 0 saturated heterocycles. The fourth-order valence-electron chi connectivity index (χ4n) is 0.961. The second kappa shape index (κ2) is 4.07. The minimum atomic E-state index is -4.77. The Morgan fingerprint density at radius 3 is 2.40 bits per heavy atom. The summed E-state index contributed by atoms with van der Waals surface area (Å²) in [7, 11) is 0. The van der Waals surface area contributed by atoms with Gasteiger partial charge in [0, 0.05) is 0 Å². The van der Waals surface area contributed by atoms with Crippen molar-refractivity contribution in [2.45, 2.75) is 6.36 Å². The summed E-state index contributed by atoms with van der Waals surface area (Å²) in [6, 6.07) is 5.33. The quantitative estimate of drug-likeness (QED) is 0.339. The minimum absolute atomic E-state index is 0.00248. The molecule has 1 rings (SSSR count). The molecule has 0 atom stereocenters.